The number of benzene rings is 1. The summed E-state index contributed by atoms with van der Waals surface area (Å²) in [4.78, 5) is 0. The summed E-state index contributed by atoms with van der Waals surface area (Å²) in [5.41, 5.74) is 0.556. The molecule has 0 aromatic heterocycles. The van der Waals surface area contributed by atoms with Crippen LogP contribution in [-0.2, 0) is 10.8 Å². The molecule has 96 valence electrons. The van der Waals surface area contributed by atoms with Crippen LogP contribution >= 0.6 is 0 Å². The van der Waals surface area contributed by atoms with Gasteiger partial charge in [-0.3, -0.25) is 4.21 Å². The van der Waals surface area contributed by atoms with E-state index in [1.807, 2.05) is 27.7 Å². The fraction of sp³-hybridized carbons (Fsp3) is 0.538. The molecule has 0 spiro atoms. The molecule has 0 bridgehead atoms. The van der Waals surface area contributed by atoms with E-state index in [4.69, 9.17) is 0 Å². The van der Waals surface area contributed by atoms with Crippen molar-refractivity contribution < 1.29 is 13.0 Å². The summed E-state index contributed by atoms with van der Waals surface area (Å²) in [5.74, 6) is -0.895. The Morgan fingerprint density at radius 2 is 1.65 bits per heavy atom. The fourth-order valence-corrected chi connectivity index (χ4v) is 2.58. The molecule has 1 aromatic rings. The first-order valence-corrected chi connectivity index (χ1v) is 6.86. The number of halogens is 2. The standard InChI is InChI=1S/C13H18F2OS/c1-9(8-17(16)13(2,3)4)10-5-11(14)7-12(15)6-10/h5-7,9H,8H2,1-4H3/t9-,17-/m1/s1. The van der Waals surface area contributed by atoms with E-state index < -0.39 is 22.4 Å². The third-order valence-electron chi connectivity index (χ3n) is 2.54. The lowest BCUT2D eigenvalue weighted by molar-refractivity contribution is 0.576. The Bertz CT molecular complexity index is 404. The van der Waals surface area contributed by atoms with Gasteiger partial charge in [-0.1, -0.05) is 6.92 Å². The van der Waals surface area contributed by atoms with Gasteiger partial charge in [-0.25, -0.2) is 8.78 Å². The van der Waals surface area contributed by atoms with Crippen LogP contribution < -0.4 is 0 Å². The maximum absolute atomic E-state index is 13.0. The molecular weight excluding hydrogens is 242 g/mol. The lowest BCUT2D eigenvalue weighted by Crippen LogP contribution is -2.26. The predicted octanol–water partition coefficient (Wildman–Crippen LogP) is 3.62. The first kappa shape index (κ1) is 14.3. The molecule has 0 saturated heterocycles. The number of hydrogen-bond acceptors (Lipinski definition) is 1. The number of rotatable bonds is 3. The van der Waals surface area contributed by atoms with Crippen LogP contribution in [-0.4, -0.2) is 14.7 Å². The van der Waals surface area contributed by atoms with Crippen LogP contribution in [0.4, 0.5) is 8.78 Å². The fourth-order valence-electron chi connectivity index (χ4n) is 1.43. The van der Waals surface area contributed by atoms with Gasteiger partial charge in [0.25, 0.3) is 0 Å². The van der Waals surface area contributed by atoms with Gasteiger partial charge in [-0.05, 0) is 44.4 Å². The minimum atomic E-state index is -1.03. The molecular formula is C13H18F2OS. The molecule has 1 nitrogen and oxygen atoms in total. The van der Waals surface area contributed by atoms with Crippen LogP contribution in [0.25, 0.3) is 0 Å². The molecule has 2 atom stereocenters. The molecule has 0 amide bonds. The zero-order valence-corrected chi connectivity index (χ0v) is 11.4. The summed E-state index contributed by atoms with van der Waals surface area (Å²) in [7, 11) is -1.03. The van der Waals surface area contributed by atoms with Gasteiger partial charge in [0.2, 0.25) is 0 Å². The van der Waals surface area contributed by atoms with Crippen molar-refractivity contribution >= 4 is 10.8 Å². The SMILES string of the molecule is C[C@H](C[S@@](=O)C(C)(C)C)c1cc(F)cc(F)c1. The van der Waals surface area contributed by atoms with Crippen molar-refractivity contribution in [3.8, 4) is 0 Å². The van der Waals surface area contributed by atoms with E-state index in [2.05, 4.69) is 0 Å². The van der Waals surface area contributed by atoms with Gasteiger partial charge in [0.15, 0.2) is 0 Å². The zero-order chi connectivity index (χ0) is 13.2. The summed E-state index contributed by atoms with van der Waals surface area (Å²) in [6.45, 7) is 7.50. The van der Waals surface area contributed by atoms with Gasteiger partial charge in [-0.15, -0.1) is 0 Å². The molecule has 1 aromatic carbocycles. The van der Waals surface area contributed by atoms with Gasteiger partial charge < -0.3 is 0 Å². The minimum absolute atomic E-state index is 0.125. The average Bonchev–Trinajstić information content (AvgIpc) is 2.14. The Balaban J connectivity index is 2.83. The molecule has 0 fully saturated rings. The van der Waals surface area contributed by atoms with Crippen molar-refractivity contribution in [1.82, 2.24) is 0 Å². The van der Waals surface area contributed by atoms with Crippen LogP contribution in [0.1, 0.15) is 39.2 Å². The highest BCUT2D eigenvalue weighted by molar-refractivity contribution is 7.86. The summed E-state index contributed by atoms with van der Waals surface area (Å²) >= 11 is 0. The lowest BCUT2D eigenvalue weighted by atomic mass is 10.0. The first-order valence-electron chi connectivity index (χ1n) is 5.54. The highest BCUT2D eigenvalue weighted by Gasteiger charge is 2.22. The quantitative estimate of drug-likeness (QED) is 0.811. The Hall–Kier alpha value is -0.770. The molecule has 0 heterocycles. The lowest BCUT2D eigenvalue weighted by Gasteiger charge is -2.21. The van der Waals surface area contributed by atoms with Crippen LogP contribution in [0.3, 0.4) is 0 Å². The predicted molar refractivity (Wildman–Crippen MR) is 67.5 cm³/mol. The van der Waals surface area contributed by atoms with E-state index in [-0.39, 0.29) is 10.7 Å². The van der Waals surface area contributed by atoms with Crippen LogP contribution in [0.2, 0.25) is 0 Å². The molecule has 17 heavy (non-hydrogen) atoms. The molecule has 0 aliphatic carbocycles. The second-order valence-corrected chi connectivity index (χ2v) is 7.48. The van der Waals surface area contributed by atoms with Crippen molar-refractivity contribution in [2.75, 3.05) is 5.75 Å². The van der Waals surface area contributed by atoms with Gasteiger partial charge in [-0.2, -0.15) is 0 Å². The summed E-state index contributed by atoms with van der Waals surface area (Å²) in [6.07, 6.45) is 0. The van der Waals surface area contributed by atoms with Gasteiger partial charge in [0.05, 0.1) is 0 Å². The van der Waals surface area contributed by atoms with E-state index in [0.717, 1.165) is 6.07 Å². The van der Waals surface area contributed by atoms with Crippen molar-refractivity contribution in [3.63, 3.8) is 0 Å². The molecule has 0 aliphatic rings. The Kier molecular flexibility index (Phi) is 4.42. The highest BCUT2D eigenvalue weighted by atomic mass is 32.2. The molecule has 0 aliphatic heterocycles. The second-order valence-electron chi connectivity index (χ2n) is 5.23. The summed E-state index contributed by atoms with van der Waals surface area (Å²) in [5, 5.41) is 0. The third-order valence-corrected chi connectivity index (χ3v) is 4.71. The molecule has 0 saturated carbocycles. The van der Waals surface area contributed by atoms with Crippen molar-refractivity contribution in [2.24, 2.45) is 0 Å². The summed E-state index contributed by atoms with van der Waals surface area (Å²) in [6, 6.07) is 3.44. The van der Waals surface area contributed by atoms with E-state index in [1.165, 1.54) is 12.1 Å². The first-order chi connectivity index (χ1) is 7.70. The molecule has 4 heteroatoms. The largest absolute Gasteiger partial charge is 0.259 e. The van der Waals surface area contributed by atoms with E-state index in [1.54, 1.807) is 0 Å². The van der Waals surface area contributed by atoms with E-state index in [9.17, 15) is 13.0 Å². The summed E-state index contributed by atoms with van der Waals surface area (Å²) < 4.78 is 37.7. The maximum atomic E-state index is 13.0. The molecule has 0 N–H and O–H groups in total. The average molecular weight is 260 g/mol. The van der Waals surface area contributed by atoms with Gasteiger partial charge in [0, 0.05) is 27.4 Å². The van der Waals surface area contributed by atoms with E-state index in [0.29, 0.717) is 11.3 Å². The van der Waals surface area contributed by atoms with E-state index >= 15 is 0 Å². The molecule has 1 rings (SSSR count). The third kappa shape index (κ3) is 4.19. The van der Waals surface area contributed by atoms with Crippen LogP contribution in [0.15, 0.2) is 18.2 Å². The Labute approximate surface area is 104 Å². The number of hydrogen-bond donors (Lipinski definition) is 0. The Morgan fingerprint density at radius 1 is 1.18 bits per heavy atom. The molecule has 0 radical (unpaired) electrons. The van der Waals surface area contributed by atoms with Crippen molar-refractivity contribution in [1.29, 1.82) is 0 Å². The maximum Gasteiger partial charge on any atom is 0.126 e. The molecule has 0 unspecified atom stereocenters. The minimum Gasteiger partial charge on any atom is -0.259 e. The smallest absolute Gasteiger partial charge is 0.126 e. The van der Waals surface area contributed by atoms with Gasteiger partial charge >= 0.3 is 0 Å². The zero-order valence-electron chi connectivity index (χ0n) is 10.6. The van der Waals surface area contributed by atoms with Gasteiger partial charge in [0.1, 0.15) is 11.6 Å². The van der Waals surface area contributed by atoms with Crippen LogP contribution in [0.5, 0.6) is 0 Å². The van der Waals surface area contributed by atoms with Crippen molar-refractivity contribution in [3.05, 3.63) is 35.4 Å². The monoisotopic (exact) mass is 260 g/mol. The topological polar surface area (TPSA) is 17.1 Å². The normalized spacial score (nSPS) is 15.6. The highest BCUT2D eigenvalue weighted by Crippen LogP contribution is 2.22. The Morgan fingerprint density at radius 3 is 2.06 bits per heavy atom. The van der Waals surface area contributed by atoms with Crippen molar-refractivity contribution in [2.45, 2.75) is 38.4 Å². The van der Waals surface area contributed by atoms with Crippen LogP contribution in [0, 0.1) is 11.6 Å². The second kappa shape index (κ2) is 5.25.